The molecule has 0 aromatic heterocycles. The average Bonchev–Trinajstić information content (AvgIpc) is 2.85. The number of rotatable bonds is 4. The van der Waals surface area contributed by atoms with E-state index >= 15 is 0 Å². The van der Waals surface area contributed by atoms with Crippen LogP contribution in [0.1, 0.15) is 5.56 Å². The van der Waals surface area contributed by atoms with Gasteiger partial charge in [0.1, 0.15) is 0 Å². The number of hydrazone groups is 1. The molecule has 3 aromatic carbocycles. The van der Waals surface area contributed by atoms with Crippen LogP contribution in [0.5, 0.6) is 0 Å². The maximum Gasteiger partial charge on any atom is 0.201 e. The van der Waals surface area contributed by atoms with Crippen LogP contribution in [0.2, 0.25) is 0 Å². The van der Waals surface area contributed by atoms with E-state index in [1.165, 1.54) is 0 Å². The van der Waals surface area contributed by atoms with Gasteiger partial charge in [-0.05, 0) is 24.3 Å². The van der Waals surface area contributed by atoms with E-state index in [0.29, 0.717) is 19.0 Å². The molecule has 0 N–H and O–H groups in total. The number of morpholine rings is 1. The molecule has 1 radical (unpaired) electrons. The van der Waals surface area contributed by atoms with Gasteiger partial charge in [-0.15, -0.1) is 10.5 Å². The molecule has 0 bridgehead atoms. The zero-order valence-electron chi connectivity index (χ0n) is 16.7. The van der Waals surface area contributed by atoms with Crippen LogP contribution in [0.4, 0.5) is 11.4 Å². The number of hydrogen-bond acceptors (Lipinski definition) is 5. The number of ether oxygens (including phenoxy) is 1. The van der Waals surface area contributed by atoms with Crippen molar-refractivity contribution in [2.24, 2.45) is 5.10 Å². The average molecular weight is 398 g/mol. The molecule has 0 amide bonds. The Morgan fingerprint density at radius 3 is 1.80 bits per heavy atom. The summed E-state index contributed by atoms with van der Waals surface area (Å²) in [6, 6.07) is 30.7. The zero-order valence-corrected chi connectivity index (χ0v) is 16.7. The van der Waals surface area contributed by atoms with Gasteiger partial charge in [-0.2, -0.15) is 0 Å². The van der Waals surface area contributed by atoms with E-state index in [-0.39, 0.29) is 6.29 Å². The summed E-state index contributed by atoms with van der Waals surface area (Å²) >= 11 is 0. The van der Waals surface area contributed by atoms with Gasteiger partial charge in [-0.1, -0.05) is 66.7 Å². The van der Waals surface area contributed by atoms with Crippen LogP contribution in [0, 0.1) is 0 Å². The van der Waals surface area contributed by atoms with Crippen LogP contribution >= 0.6 is 0 Å². The first-order valence-electron chi connectivity index (χ1n) is 10.3. The second-order valence-corrected chi connectivity index (χ2v) is 7.24. The van der Waals surface area contributed by atoms with Crippen LogP contribution in [-0.4, -0.2) is 43.3 Å². The van der Waals surface area contributed by atoms with E-state index in [4.69, 9.17) is 15.3 Å². The minimum atomic E-state index is -0.175. The van der Waals surface area contributed by atoms with E-state index in [2.05, 4.69) is 39.2 Å². The van der Waals surface area contributed by atoms with Gasteiger partial charge >= 0.3 is 0 Å². The van der Waals surface area contributed by atoms with E-state index in [1.807, 2.05) is 66.7 Å². The zero-order chi connectivity index (χ0) is 20.2. The van der Waals surface area contributed by atoms with E-state index in [0.717, 1.165) is 30.0 Å². The summed E-state index contributed by atoms with van der Waals surface area (Å²) in [6.45, 7) is 3.06. The van der Waals surface area contributed by atoms with Gasteiger partial charge in [0.15, 0.2) is 5.84 Å². The van der Waals surface area contributed by atoms with Crippen LogP contribution in [0.15, 0.2) is 96.1 Å². The van der Waals surface area contributed by atoms with Crippen LogP contribution < -0.4 is 15.4 Å². The summed E-state index contributed by atoms with van der Waals surface area (Å²) in [5, 5.41) is 9.17. The van der Waals surface area contributed by atoms with Crippen molar-refractivity contribution < 1.29 is 4.74 Å². The van der Waals surface area contributed by atoms with Crippen molar-refractivity contribution in [2.45, 2.75) is 6.29 Å². The van der Waals surface area contributed by atoms with Crippen LogP contribution in [-0.2, 0) is 4.74 Å². The molecule has 30 heavy (non-hydrogen) atoms. The molecule has 6 nitrogen and oxygen atoms in total. The Hall–Kier alpha value is -3.35. The van der Waals surface area contributed by atoms with Gasteiger partial charge in [-0.25, -0.2) is 10.0 Å². The molecule has 1 fully saturated rings. The van der Waals surface area contributed by atoms with Crippen molar-refractivity contribution in [3.05, 3.63) is 96.6 Å². The molecule has 0 aliphatic carbocycles. The smallest absolute Gasteiger partial charge is 0.201 e. The van der Waals surface area contributed by atoms with Crippen molar-refractivity contribution in [2.75, 3.05) is 36.3 Å². The lowest BCUT2D eigenvalue weighted by Gasteiger charge is -2.47. The first-order chi connectivity index (χ1) is 14.9. The first kappa shape index (κ1) is 18.7. The normalized spacial score (nSPS) is 19.9. The fraction of sp³-hybridized carbons (Fsp3) is 0.208. The van der Waals surface area contributed by atoms with E-state index in [9.17, 15) is 0 Å². The van der Waals surface area contributed by atoms with Crippen molar-refractivity contribution in [1.29, 1.82) is 0 Å². The van der Waals surface area contributed by atoms with Crippen LogP contribution in [0.3, 0.4) is 0 Å². The molecule has 3 aromatic rings. The third-order valence-corrected chi connectivity index (χ3v) is 5.29. The third kappa shape index (κ3) is 3.75. The Morgan fingerprint density at radius 1 is 0.667 bits per heavy atom. The van der Waals surface area contributed by atoms with Gasteiger partial charge in [0.05, 0.1) is 24.6 Å². The lowest BCUT2D eigenvalue weighted by molar-refractivity contribution is 0.0127. The standard InChI is InChI=1S/C24H24N5O/c1-4-10-20(11-5-1)23-25-28(21-12-6-2-7-13-21)24(27-16-18-30-19-17-27)29(26-23)22-14-8-3-9-15-22/h1-15,24H,16-19H2. The minimum absolute atomic E-state index is 0.175. The largest absolute Gasteiger partial charge is 0.379 e. The summed E-state index contributed by atoms with van der Waals surface area (Å²) in [4.78, 5) is 2.37. The van der Waals surface area contributed by atoms with E-state index in [1.54, 1.807) is 0 Å². The molecule has 0 saturated carbocycles. The number of nitrogens with zero attached hydrogens (tertiary/aromatic N) is 5. The SMILES string of the molecule is c1ccc(C2=NN(c3ccccc3)C(N3CCOCC3)N(c3ccccc3)[N]2)cc1. The Balaban J connectivity index is 1.63. The molecular formula is C24H24N5O. The van der Waals surface area contributed by atoms with Crippen molar-refractivity contribution in [1.82, 2.24) is 10.3 Å². The lowest BCUT2D eigenvalue weighted by atomic mass is 10.2. The van der Waals surface area contributed by atoms with Crippen molar-refractivity contribution in [3.63, 3.8) is 0 Å². The number of anilines is 2. The molecule has 6 heteroatoms. The van der Waals surface area contributed by atoms with Gasteiger partial charge in [0.25, 0.3) is 0 Å². The maximum atomic E-state index is 5.62. The number of para-hydroxylation sites is 2. The number of benzene rings is 3. The molecule has 2 aliphatic rings. The van der Waals surface area contributed by atoms with Gasteiger partial charge in [0.2, 0.25) is 6.29 Å². The Labute approximate surface area is 177 Å². The minimum Gasteiger partial charge on any atom is -0.379 e. The highest BCUT2D eigenvalue weighted by Crippen LogP contribution is 2.29. The van der Waals surface area contributed by atoms with Gasteiger partial charge < -0.3 is 4.74 Å². The summed E-state index contributed by atoms with van der Waals surface area (Å²) in [7, 11) is 0. The molecule has 1 saturated heterocycles. The molecule has 2 aliphatic heterocycles. The molecule has 1 atom stereocenters. The molecule has 5 rings (SSSR count). The number of amidine groups is 1. The second-order valence-electron chi connectivity index (χ2n) is 7.24. The second kappa shape index (κ2) is 8.57. The monoisotopic (exact) mass is 398 g/mol. The van der Waals surface area contributed by atoms with E-state index < -0.39 is 0 Å². The molecule has 2 heterocycles. The Morgan fingerprint density at radius 2 is 1.20 bits per heavy atom. The molecule has 151 valence electrons. The summed E-state index contributed by atoms with van der Waals surface area (Å²) in [5.41, 5.74) is 8.05. The van der Waals surface area contributed by atoms with Gasteiger partial charge in [-0.3, -0.25) is 4.90 Å². The van der Waals surface area contributed by atoms with Gasteiger partial charge in [0, 0.05) is 18.7 Å². The lowest BCUT2D eigenvalue weighted by Crippen LogP contribution is -2.65. The molecule has 1 unspecified atom stereocenters. The first-order valence-corrected chi connectivity index (χ1v) is 10.3. The Bertz CT molecular complexity index is 974. The predicted molar refractivity (Wildman–Crippen MR) is 119 cm³/mol. The summed E-state index contributed by atoms with van der Waals surface area (Å²) in [5.74, 6) is 0.688. The highest BCUT2D eigenvalue weighted by Gasteiger charge is 2.38. The predicted octanol–water partition coefficient (Wildman–Crippen LogP) is 3.51. The maximum absolute atomic E-state index is 5.62. The topological polar surface area (TPSA) is 45.4 Å². The van der Waals surface area contributed by atoms with Crippen molar-refractivity contribution >= 4 is 17.2 Å². The fourth-order valence-electron chi connectivity index (χ4n) is 3.80. The highest BCUT2D eigenvalue weighted by molar-refractivity contribution is 6.00. The third-order valence-electron chi connectivity index (χ3n) is 5.29. The highest BCUT2D eigenvalue weighted by atomic mass is 16.5. The summed E-state index contributed by atoms with van der Waals surface area (Å²) in [6.07, 6.45) is -0.175. The molecule has 0 spiro atoms. The quantitative estimate of drug-likeness (QED) is 0.675. The fourth-order valence-corrected chi connectivity index (χ4v) is 3.80. The number of hydrogen-bond donors (Lipinski definition) is 0. The molecular weight excluding hydrogens is 374 g/mol. The summed E-state index contributed by atoms with van der Waals surface area (Å²) < 4.78 is 5.62. The van der Waals surface area contributed by atoms with Crippen molar-refractivity contribution in [3.8, 4) is 0 Å². The van der Waals surface area contributed by atoms with Crippen LogP contribution in [0.25, 0.3) is 0 Å². The Kier molecular flexibility index (Phi) is 5.33.